The van der Waals surface area contributed by atoms with Crippen molar-refractivity contribution in [2.45, 2.75) is 62.1 Å². The summed E-state index contributed by atoms with van der Waals surface area (Å²) >= 11 is 0. The van der Waals surface area contributed by atoms with Crippen LogP contribution in [0.2, 0.25) is 0 Å². The van der Waals surface area contributed by atoms with Crippen LogP contribution in [-0.4, -0.2) is 97.8 Å². The smallest absolute Gasteiger partial charge is 0.246 e. The minimum atomic E-state index is -3.14. The number of sulfone groups is 1. The van der Waals surface area contributed by atoms with Gasteiger partial charge in [0.15, 0.2) is 9.84 Å². The highest BCUT2D eigenvalue weighted by Gasteiger charge is 2.55. The van der Waals surface area contributed by atoms with Gasteiger partial charge in [-0.05, 0) is 67.3 Å². The van der Waals surface area contributed by atoms with E-state index in [9.17, 15) is 17.6 Å². The average Bonchev–Trinajstić information content (AvgIpc) is 3.72. The third kappa shape index (κ3) is 5.81. The van der Waals surface area contributed by atoms with Crippen LogP contribution in [0.5, 0.6) is 0 Å². The number of halogens is 1. The lowest BCUT2D eigenvalue weighted by Gasteiger charge is -2.52. The summed E-state index contributed by atoms with van der Waals surface area (Å²) in [5.41, 5.74) is 1.83. The molecule has 4 aliphatic rings. The van der Waals surface area contributed by atoms with E-state index in [1.807, 2.05) is 22.1 Å². The second-order valence-electron chi connectivity index (χ2n) is 13.5. The first-order valence-corrected chi connectivity index (χ1v) is 18.4. The van der Waals surface area contributed by atoms with Gasteiger partial charge in [-0.25, -0.2) is 22.8 Å². The van der Waals surface area contributed by atoms with Gasteiger partial charge in [0, 0.05) is 68.4 Å². The fourth-order valence-corrected chi connectivity index (χ4v) is 10.2. The second kappa shape index (κ2) is 12.3. The normalized spacial score (nSPS) is 25.7. The van der Waals surface area contributed by atoms with Crippen LogP contribution < -0.4 is 15.1 Å². The fourth-order valence-electron chi connectivity index (χ4n) is 8.41. The Balaban J connectivity index is 1.21. The highest BCUT2D eigenvalue weighted by molar-refractivity contribution is 7.91. The molecule has 250 valence electrons. The van der Waals surface area contributed by atoms with Crippen molar-refractivity contribution in [2.24, 2.45) is 5.41 Å². The number of ether oxygens (including phenoxy) is 1. The third-order valence-corrected chi connectivity index (χ3v) is 12.4. The molecule has 3 saturated heterocycles. The van der Waals surface area contributed by atoms with Crippen molar-refractivity contribution in [2.75, 3.05) is 61.2 Å². The van der Waals surface area contributed by atoms with Gasteiger partial charge in [-0.2, -0.15) is 4.98 Å². The van der Waals surface area contributed by atoms with Gasteiger partial charge in [-0.3, -0.25) is 4.79 Å². The van der Waals surface area contributed by atoms with Crippen molar-refractivity contribution in [3.05, 3.63) is 54.9 Å². The van der Waals surface area contributed by atoms with E-state index in [0.29, 0.717) is 50.2 Å². The minimum absolute atomic E-state index is 0.0894. The number of benzene rings is 1. The van der Waals surface area contributed by atoms with Crippen molar-refractivity contribution in [3.8, 4) is 0 Å². The summed E-state index contributed by atoms with van der Waals surface area (Å²) in [7, 11) is -1.60. The first-order valence-electron chi connectivity index (χ1n) is 16.4. The van der Waals surface area contributed by atoms with E-state index in [2.05, 4.69) is 38.9 Å². The Labute approximate surface area is 275 Å². The Hall–Kier alpha value is -3.84. The molecule has 1 aliphatic carbocycles. The molecule has 1 saturated carbocycles. The first kappa shape index (κ1) is 31.7. The molecule has 0 bridgehead atoms. The average molecular weight is 664 g/mol. The van der Waals surface area contributed by atoms with Crippen molar-refractivity contribution in [1.29, 1.82) is 0 Å². The number of amides is 1. The molecule has 47 heavy (non-hydrogen) atoms. The van der Waals surface area contributed by atoms with Gasteiger partial charge in [-0.1, -0.05) is 19.1 Å². The van der Waals surface area contributed by atoms with E-state index in [-0.39, 0.29) is 29.2 Å². The number of likely N-dealkylation sites (tertiary alicyclic amines) is 1. The second-order valence-corrected chi connectivity index (χ2v) is 15.7. The standard InChI is InChI=1S/C34H42FN7O4S/c1-4-32(43)42-15-6-7-27(42)22-9-10-26(41-20-34(21-41)13-5-8-29(34)47(3,44)45)24-18-37-31(17-23(22)24)38-30-11-14-36-33(39-30)40-16-12-28(46-2)25(35)19-40/h4,9-11,14,17-18,25,27-29H,1,5-8,12-13,15-16,19-21H2,2-3H3,(H,36,37,38,39)/t25-,27-,28+,29-/m0/s1. The maximum atomic E-state index is 14.6. The number of piperidine rings is 1. The van der Waals surface area contributed by atoms with Gasteiger partial charge in [-0.15, -0.1) is 0 Å². The number of anilines is 4. The molecule has 1 spiro atoms. The number of fused-ring (bicyclic) bond motifs is 1. The molecule has 0 unspecified atom stereocenters. The number of hydrogen-bond donors (Lipinski definition) is 1. The molecule has 7 rings (SSSR count). The van der Waals surface area contributed by atoms with Crippen molar-refractivity contribution < 1.29 is 22.3 Å². The number of carbonyl (C=O) groups excluding carboxylic acids is 1. The predicted octanol–water partition coefficient (Wildman–Crippen LogP) is 4.58. The van der Waals surface area contributed by atoms with Gasteiger partial charge in [0.25, 0.3) is 0 Å². The largest absolute Gasteiger partial charge is 0.378 e. The van der Waals surface area contributed by atoms with E-state index in [4.69, 9.17) is 9.72 Å². The summed E-state index contributed by atoms with van der Waals surface area (Å²) in [6, 6.07) is 7.85. The Kier molecular flexibility index (Phi) is 8.32. The van der Waals surface area contributed by atoms with Gasteiger partial charge in [0.2, 0.25) is 11.9 Å². The Morgan fingerprint density at radius 1 is 1.09 bits per heavy atom. The highest BCUT2D eigenvalue weighted by atomic mass is 32.2. The number of hydrogen-bond acceptors (Lipinski definition) is 10. The fraction of sp³-hybridized carbons (Fsp3) is 0.529. The van der Waals surface area contributed by atoms with Crippen LogP contribution in [0.25, 0.3) is 10.8 Å². The Bertz CT molecular complexity index is 1800. The summed E-state index contributed by atoms with van der Waals surface area (Å²) in [4.78, 5) is 32.6. The molecule has 1 N–H and O–H groups in total. The molecular weight excluding hydrogens is 621 g/mol. The van der Waals surface area contributed by atoms with E-state index in [0.717, 1.165) is 54.1 Å². The molecule has 13 heteroatoms. The van der Waals surface area contributed by atoms with Crippen LogP contribution in [-0.2, 0) is 19.4 Å². The number of nitrogens with zero attached hydrogens (tertiary/aromatic N) is 6. The van der Waals surface area contributed by atoms with Crippen LogP contribution in [0, 0.1) is 5.41 Å². The van der Waals surface area contributed by atoms with Gasteiger partial charge in [0.05, 0.1) is 23.9 Å². The number of alkyl halides is 1. The number of rotatable bonds is 8. The topological polar surface area (TPSA) is 121 Å². The van der Waals surface area contributed by atoms with E-state index < -0.39 is 22.1 Å². The van der Waals surface area contributed by atoms with Crippen molar-refractivity contribution in [1.82, 2.24) is 19.9 Å². The minimum Gasteiger partial charge on any atom is -0.378 e. The molecule has 1 amide bonds. The lowest BCUT2D eigenvalue weighted by atomic mass is 9.77. The molecule has 1 aromatic carbocycles. The van der Waals surface area contributed by atoms with Crippen molar-refractivity contribution in [3.63, 3.8) is 0 Å². The lowest BCUT2D eigenvalue weighted by molar-refractivity contribution is -0.126. The number of nitrogens with one attached hydrogen (secondary N) is 1. The van der Waals surface area contributed by atoms with Crippen LogP contribution in [0.15, 0.2) is 49.3 Å². The first-order chi connectivity index (χ1) is 22.6. The molecule has 0 radical (unpaired) electrons. The van der Waals surface area contributed by atoms with Gasteiger partial charge < -0.3 is 24.8 Å². The zero-order chi connectivity index (χ0) is 32.9. The maximum absolute atomic E-state index is 14.6. The third-order valence-electron chi connectivity index (χ3n) is 10.6. The SMILES string of the molecule is C=CC(=O)N1CCC[C@H]1c1ccc(N2CC3(CCC[C@@H]3S(C)(=O)=O)C2)c2cnc(Nc3ccnc(N4CC[C@@H](OC)[C@@H](F)C4)n3)cc12. The molecule has 2 aromatic heterocycles. The molecular formula is C34H42FN7O4S. The maximum Gasteiger partial charge on any atom is 0.246 e. The van der Waals surface area contributed by atoms with E-state index in [1.54, 1.807) is 12.3 Å². The van der Waals surface area contributed by atoms with E-state index >= 15 is 0 Å². The van der Waals surface area contributed by atoms with Crippen LogP contribution in [0.3, 0.4) is 0 Å². The zero-order valence-corrected chi connectivity index (χ0v) is 27.8. The van der Waals surface area contributed by atoms with Crippen LogP contribution in [0.1, 0.15) is 50.1 Å². The number of aromatic nitrogens is 3. The van der Waals surface area contributed by atoms with Gasteiger partial charge >= 0.3 is 0 Å². The molecule has 3 aromatic rings. The monoisotopic (exact) mass is 663 g/mol. The predicted molar refractivity (Wildman–Crippen MR) is 181 cm³/mol. The molecule has 4 atom stereocenters. The summed E-state index contributed by atoms with van der Waals surface area (Å²) < 4.78 is 45.1. The Morgan fingerprint density at radius 2 is 1.91 bits per heavy atom. The van der Waals surface area contributed by atoms with Crippen molar-refractivity contribution >= 4 is 49.8 Å². The lowest BCUT2D eigenvalue weighted by Crippen LogP contribution is -2.61. The molecule has 3 aliphatic heterocycles. The molecule has 4 fully saturated rings. The van der Waals surface area contributed by atoms with Crippen LogP contribution >= 0.6 is 0 Å². The summed E-state index contributed by atoms with van der Waals surface area (Å²) in [6.07, 6.45) is 9.56. The number of pyridine rings is 1. The number of methoxy groups -OCH3 is 1. The molecule has 5 heterocycles. The Morgan fingerprint density at radius 3 is 2.66 bits per heavy atom. The summed E-state index contributed by atoms with van der Waals surface area (Å²) in [6.45, 7) is 6.52. The quantitative estimate of drug-likeness (QED) is 0.343. The van der Waals surface area contributed by atoms with Crippen LogP contribution in [0.4, 0.5) is 27.7 Å². The zero-order valence-electron chi connectivity index (χ0n) is 26.9. The summed E-state index contributed by atoms with van der Waals surface area (Å²) in [5, 5.41) is 4.94. The van der Waals surface area contributed by atoms with Gasteiger partial charge in [0.1, 0.15) is 17.8 Å². The van der Waals surface area contributed by atoms with E-state index in [1.165, 1.54) is 19.4 Å². The highest BCUT2D eigenvalue weighted by Crippen LogP contribution is 2.51. The summed E-state index contributed by atoms with van der Waals surface area (Å²) in [5.74, 6) is 1.46. The molecule has 11 nitrogen and oxygen atoms in total. The number of carbonyl (C=O) groups is 1.